The predicted octanol–water partition coefficient (Wildman–Crippen LogP) is 0.974. The first-order chi connectivity index (χ1) is 9.40. The van der Waals surface area contributed by atoms with E-state index in [1.54, 1.807) is 12.1 Å². The topological polar surface area (TPSA) is 96.8 Å². The van der Waals surface area contributed by atoms with Crippen molar-refractivity contribution in [1.29, 1.82) is 0 Å². The first kappa shape index (κ1) is 16.0. The maximum Gasteiger partial charge on any atom is 0.488 e. The molecule has 1 aromatic rings. The average Bonchev–Trinajstić information content (AvgIpc) is 2.41. The largest absolute Gasteiger partial charge is 0.488 e. The normalized spacial score (nSPS) is 10.7. The minimum atomic E-state index is -4.01. The lowest BCUT2D eigenvalue weighted by molar-refractivity contribution is -0.136. The maximum absolute atomic E-state index is 12.7. The van der Waals surface area contributed by atoms with Gasteiger partial charge in [0.1, 0.15) is 5.82 Å². The van der Waals surface area contributed by atoms with Gasteiger partial charge in [0.25, 0.3) is 9.84 Å². The Balaban J connectivity index is 2.66. The Morgan fingerprint density at radius 3 is 2.45 bits per heavy atom. The summed E-state index contributed by atoms with van der Waals surface area (Å²) in [5, 5.41) is -1.01. The highest BCUT2D eigenvalue weighted by molar-refractivity contribution is 8.07. The van der Waals surface area contributed by atoms with Crippen molar-refractivity contribution >= 4 is 20.9 Å². The summed E-state index contributed by atoms with van der Waals surface area (Å²) in [6.07, 6.45) is 0.587. The zero-order chi connectivity index (χ0) is 15.2. The second-order valence-corrected chi connectivity index (χ2v) is 5.97. The number of sulfone groups is 1. The highest BCUT2D eigenvalue weighted by Crippen LogP contribution is 2.07. The number of hydrogen-bond acceptors (Lipinski definition) is 4. The van der Waals surface area contributed by atoms with Crippen LogP contribution in [0.25, 0.3) is 5.53 Å². The summed E-state index contributed by atoms with van der Waals surface area (Å²) in [5.74, 6) is -1.96. The fourth-order valence-electron chi connectivity index (χ4n) is 1.53. The molecule has 0 spiro atoms. The Morgan fingerprint density at radius 2 is 1.95 bits per heavy atom. The number of halogens is 1. The van der Waals surface area contributed by atoms with Gasteiger partial charge in [-0.25, -0.2) is 17.6 Å². The van der Waals surface area contributed by atoms with Crippen LogP contribution in [0.3, 0.4) is 0 Å². The van der Waals surface area contributed by atoms with Crippen LogP contribution in [0.5, 0.6) is 0 Å². The lowest BCUT2D eigenvalue weighted by Crippen LogP contribution is -2.29. The van der Waals surface area contributed by atoms with E-state index in [0.29, 0.717) is 6.42 Å². The number of carbonyl (C=O) groups is 1. The Kier molecular flexibility index (Phi) is 5.54. The molecule has 108 valence electrons. The summed E-state index contributed by atoms with van der Waals surface area (Å²) in [6, 6.07) is 5.64. The van der Waals surface area contributed by atoms with Gasteiger partial charge in [-0.1, -0.05) is 12.1 Å². The highest BCUT2D eigenvalue weighted by Gasteiger charge is 2.36. The van der Waals surface area contributed by atoms with Crippen LogP contribution in [0.1, 0.15) is 12.0 Å². The van der Waals surface area contributed by atoms with Crippen LogP contribution < -0.4 is 0 Å². The van der Waals surface area contributed by atoms with Gasteiger partial charge >= 0.3 is 11.0 Å². The molecule has 0 N–H and O–H groups in total. The molecule has 0 aliphatic rings. The first-order valence-corrected chi connectivity index (χ1v) is 7.33. The Labute approximate surface area is 115 Å². The minimum Gasteiger partial charge on any atom is -0.460 e. The van der Waals surface area contributed by atoms with Crippen molar-refractivity contribution in [3.05, 3.63) is 41.2 Å². The fraction of sp³-hybridized carbons (Fsp3) is 0.333. The Morgan fingerprint density at radius 1 is 1.35 bits per heavy atom. The highest BCUT2D eigenvalue weighted by atomic mass is 32.2. The minimum absolute atomic E-state index is 0.198. The Hall–Kier alpha value is -2.05. The second kappa shape index (κ2) is 6.93. The van der Waals surface area contributed by atoms with Gasteiger partial charge in [0.05, 0.1) is 12.9 Å². The standard InChI is InChI=1S/C12H13FN2O4S/c1-19-12(16)11(15-14)20(17,18)8-2-3-9-4-6-10(13)7-5-9/h4-7H,2-3,8H2,1H3. The summed E-state index contributed by atoms with van der Waals surface area (Å²) >= 11 is 0. The third-order valence-corrected chi connectivity index (χ3v) is 4.20. The van der Waals surface area contributed by atoms with E-state index in [-0.39, 0.29) is 18.0 Å². The third-order valence-electron chi connectivity index (χ3n) is 2.54. The van der Waals surface area contributed by atoms with Crippen LogP contribution in [0, 0.1) is 5.82 Å². The second-order valence-electron chi connectivity index (χ2n) is 3.95. The molecule has 0 aliphatic heterocycles. The molecule has 0 aromatic heterocycles. The number of esters is 1. The van der Waals surface area contributed by atoms with Crippen LogP contribution in [-0.4, -0.2) is 37.1 Å². The van der Waals surface area contributed by atoms with Gasteiger partial charge in [-0.3, -0.25) is 0 Å². The van der Waals surface area contributed by atoms with Crippen LogP contribution in [0.15, 0.2) is 24.3 Å². The Bertz CT molecular complexity index is 634. The van der Waals surface area contributed by atoms with Gasteiger partial charge < -0.3 is 10.3 Å². The summed E-state index contributed by atoms with van der Waals surface area (Å²) < 4.78 is 40.4. The monoisotopic (exact) mass is 300 g/mol. The number of aryl methyl sites for hydroxylation is 1. The van der Waals surface area contributed by atoms with Crippen LogP contribution in [0.4, 0.5) is 4.39 Å². The van der Waals surface area contributed by atoms with Crippen LogP contribution in [0.2, 0.25) is 0 Å². The maximum atomic E-state index is 12.7. The van der Waals surface area contributed by atoms with Crippen molar-refractivity contribution in [3.63, 3.8) is 0 Å². The molecule has 1 aromatic carbocycles. The first-order valence-electron chi connectivity index (χ1n) is 5.68. The van der Waals surface area contributed by atoms with Gasteiger partial charge in [0.15, 0.2) is 0 Å². The summed E-state index contributed by atoms with van der Waals surface area (Å²) in [4.78, 5) is 13.6. The SMILES string of the molecule is COC(=O)C(=[N+]=[N-])S(=O)(=O)CCCc1ccc(F)cc1. The van der Waals surface area contributed by atoms with Crippen molar-refractivity contribution in [2.24, 2.45) is 0 Å². The molecule has 0 aliphatic carbocycles. The number of methoxy groups -OCH3 is 1. The molecule has 1 rings (SSSR count). The van der Waals surface area contributed by atoms with E-state index < -0.39 is 20.9 Å². The lowest BCUT2D eigenvalue weighted by Gasteiger charge is -2.01. The summed E-state index contributed by atoms with van der Waals surface area (Å²) in [6.45, 7) is 0. The number of benzene rings is 1. The van der Waals surface area contributed by atoms with E-state index >= 15 is 0 Å². The van der Waals surface area contributed by atoms with E-state index in [1.165, 1.54) is 12.1 Å². The number of ether oxygens (including phenoxy) is 1. The molecular weight excluding hydrogens is 287 g/mol. The molecule has 0 saturated heterocycles. The molecule has 0 atom stereocenters. The molecule has 0 radical (unpaired) electrons. The van der Waals surface area contributed by atoms with Crippen molar-refractivity contribution in [2.45, 2.75) is 12.8 Å². The van der Waals surface area contributed by atoms with E-state index in [1.807, 2.05) is 0 Å². The zero-order valence-electron chi connectivity index (χ0n) is 10.7. The van der Waals surface area contributed by atoms with Crippen molar-refractivity contribution < 1.29 is 27.1 Å². The van der Waals surface area contributed by atoms with Gasteiger partial charge in [-0.15, -0.1) is 4.79 Å². The molecule has 0 heterocycles. The molecule has 20 heavy (non-hydrogen) atoms. The third kappa shape index (κ3) is 4.25. The quantitative estimate of drug-likeness (QED) is 0.272. The smallest absolute Gasteiger partial charge is 0.460 e. The number of rotatable bonds is 4. The molecule has 0 unspecified atom stereocenters. The van der Waals surface area contributed by atoms with Gasteiger partial charge in [0, 0.05) is 0 Å². The number of hydrogen-bond donors (Lipinski definition) is 0. The van der Waals surface area contributed by atoms with Crippen LogP contribution in [-0.2, 0) is 25.8 Å². The van der Waals surface area contributed by atoms with E-state index in [4.69, 9.17) is 5.53 Å². The van der Waals surface area contributed by atoms with Gasteiger partial charge in [-0.2, -0.15) is 0 Å². The predicted molar refractivity (Wildman–Crippen MR) is 69.2 cm³/mol. The fourth-order valence-corrected chi connectivity index (χ4v) is 2.71. The van der Waals surface area contributed by atoms with Crippen LogP contribution >= 0.6 is 0 Å². The summed E-state index contributed by atoms with van der Waals surface area (Å²) in [7, 11) is -3.02. The molecule has 6 nitrogen and oxygen atoms in total. The average molecular weight is 300 g/mol. The number of carbonyl (C=O) groups excluding carboxylic acids is 1. The lowest BCUT2D eigenvalue weighted by atomic mass is 10.1. The van der Waals surface area contributed by atoms with Crippen molar-refractivity contribution in [3.8, 4) is 0 Å². The molecule has 0 fully saturated rings. The zero-order valence-corrected chi connectivity index (χ0v) is 11.6. The van der Waals surface area contributed by atoms with E-state index in [9.17, 15) is 17.6 Å². The number of nitrogens with zero attached hydrogens (tertiary/aromatic N) is 2. The molecule has 0 bridgehead atoms. The van der Waals surface area contributed by atoms with Crippen molar-refractivity contribution in [2.75, 3.05) is 12.9 Å². The van der Waals surface area contributed by atoms with E-state index in [2.05, 4.69) is 9.53 Å². The van der Waals surface area contributed by atoms with Crippen molar-refractivity contribution in [1.82, 2.24) is 0 Å². The van der Waals surface area contributed by atoms with E-state index in [0.717, 1.165) is 12.7 Å². The van der Waals surface area contributed by atoms with Gasteiger partial charge in [-0.05, 0) is 30.5 Å². The molecule has 8 heteroatoms. The molecule has 0 amide bonds. The molecule has 0 saturated carbocycles. The molecular formula is C12H13FN2O4S. The van der Waals surface area contributed by atoms with Gasteiger partial charge in [0.2, 0.25) is 0 Å². The summed E-state index contributed by atoms with van der Waals surface area (Å²) in [5.41, 5.74) is 9.34.